The van der Waals surface area contributed by atoms with Crippen molar-refractivity contribution in [2.45, 2.75) is 25.9 Å². The number of ketones is 1. The van der Waals surface area contributed by atoms with E-state index in [1.807, 2.05) is 6.92 Å². The maximum atomic E-state index is 13.0. The molecule has 6 nitrogen and oxygen atoms in total. The summed E-state index contributed by atoms with van der Waals surface area (Å²) >= 11 is 0. The van der Waals surface area contributed by atoms with Crippen LogP contribution in [0.3, 0.4) is 0 Å². The van der Waals surface area contributed by atoms with Gasteiger partial charge in [-0.15, -0.1) is 0 Å². The minimum Gasteiger partial charge on any atom is -0.496 e. The number of imide groups is 1. The van der Waals surface area contributed by atoms with Crippen molar-refractivity contribution in [3.8, 4) is 11.5 Å². The van der Waals surface area contributed by atoms with E-state index in [0.29, 0.717) is 29.9 Å². The second-order valence-electron chi connectivity index (χ2n) is 6.24. The van der Waals surface area contributed by atoms with Gasteiger partial charge in [-0.3, -0.25) is 19.3 Å². The third-order valence-electron chi connectivity index (χ3n) is 4.43. The van der Waals surface area contributed by atoms with Crippen molar-refractivity contribution in [1.82, 2.24) is 4.90 Å². The van der Waals surface area contributed by atoms with E-state index in [9.17, 15) is 14.4 Å². The fraction of sp³-hybridized carbons (Fsp3) is 0.286. The summed E-state index contributed by atoms with van der Waals surface area (Å²) in [4.78, 5) is 39.7. The Morgan fingerprint density at radius 3 is 2.56 bits per heavy atom. The Morgan fingerprint density at radius 1 is 1.11 bits per heavy atom. The average Bonchev–Trinajstić information content (AvgIpc) is 2.79. The summed E-state index contributed by atoms with van der Waals surface area (Å²) in [5, 5.41) is 0. The van der Waals surface area contributed by atoms with Crippen molar-refractivity contribution < 1.29 is 23.9 Å². The summed E-state index contributed by atoms with van der Waals surface area (Å²) in [7, 11) is 1.47. The van der Waals surface area contributed by atoms with Gasteiger partial charge in [0.2, 0.25) is 0 Å². The number of carbonyl (C=O) groups is 3. The fourth-order valence-corrected chi connectivity index (χ4v) is 3.07. The van der Waals surface area contributed by atoms with Crippen LogP contribution in [0.15, 0.2) is 48.5 Å². The first-order valence-electron chi connectivity index (χ1n) is 8.84. The summed E-state index contributed by atoms with van der Waals surface area (Å²) in [5.74, 6) is -0.636. The standard InChI is InChI=1S/C21H21NO5/c1-3-8-19-21(25)22(20(24)15-10-5-7-12-18(15)27-19)13-16(23)14-9-4-6-11-17(14)26-2/h4-7,9-12,19H,3,8,13H2,1-2H3/t19-/m0/s1. The lowest BCUT2D eigenvalue weighted by Gasteiger charge is -2.21. The second-order valence-corrected chi connectivity index (χ2v) is 6.24. The van der Waals surface area contributed by atoms with E-state index in [1.165, 1.54) is 7.11 Å². The molecule has 0 spiro atoms. The molecule has 2 amide bonds. The predicted molar refractivity (Wildman–Crippen MR) is 99.1 cm³/mol. The van der Waals surface area contributed by atoms with Gasteiger partial charge >= 0.3 is 0 Å². The topological polar surface area (TPSA) is 72.9 Å². The van der Waals surface area contributed by atoms with Crippen LogP contribution >= 0.6 is 0 Å². The van der Waals surface area contributed by atoms with Crippen molar-refractivity contribution in [2.75, 3.05) is 13.7 Å². The lowest BCUT2D eigenvalue weighted by Crippen LogP contribution is -2.45. The molecule has 2 aromatic carbocycles. The van der Waals surface area contributed by atoms with E-state index in [0.717, 1.165) is 4.90 Å². The van der Waals surface area contributed by atoms with Crippen LogP contribution in [0.1, 0.15) is 40.5 Å². The Bertz CT molecular complexity index is 876. The molecule has 27 heavy (non-hydrogen) atoms. The lowest BCUT2D eigenvalue weighted by molar-refractivity contribution is -0.135. The number of nitrogens with zero attached hydrogens (tertiary/aromatic N) is 1. The highest BCUT2D eigenvalue weighted by atomic mass is 16.5. The Balaban J connectivity index is 1.95. The van der Waals surface area contributed by atoms with Gasteiger partial charge in [0.25, 0.3) is 11.8 Å². The van der Waals surface area contributed by atoms with E-state index in [-0.39, 0.29) is 17.9 Å². The summed E-state index contributed by atoms with van der Waals surface area (Å²) in [6.07, 6.45) is 0.369. The Labute approximate surface area is 157 Å². The first-order chi connectivity index (χ1) is 13.1. The predicted octanol–water partition coefficient (Wildman–Crippen LogP) is 3.11. The van der Waals surface area contributed by atoms with Crippen LogP contribution in [0.25, 0.3) is 0 Å². The van der Waals surface area contributed by atoms with Gasteiger partial charge < -0.3 is 9.47 Å². The number of amides is 2. The van der Waals surface area contributed by atoms with Gasteiger partial charge in [0, 0.05) is 0 Å². The molecule has 6 heteroatoms. The molecular weight excluding hydrogens is 346 g/mol. The molecule has 0 aromatic heterocycles. The summed E-state index contributed by atoms with van der Waals surface area (Å²) in [6.45, 7) is 1.57. The zero-order valence-corrected chi connectivity index (χ0v) is 15.3. The number of benzene rings is 2. The van der Waals surface area contributed by atoms with Crippen molar-refractivity contribution >= 4 is 17.6 Å². The summed E-state index contributed by atoms with van der Waals surface area (Å²) in [5.41, 5.74) is 0.600. The number of Topliss-reactive ketones (excluding diaryl/α,β-unsaturated/α-hetero) is 1. The van der Waals surface area contributed by atoms with Crippen LogP contribution in [-0.4, -0.2) is 42.3 Å². The SMILES string of the molecule is CCC[C@@H]1Oc2ccccc2C(=O)N(CC(=O)c2ccccc2OC)C1=O. The third kappa shape index (κ3) is 3.69. The number of ether oxygens (including phenoxy) is 2. The van der Waals surface area contributed by atoms with E-state index in [1.54, 1.807) is 48.5 Å². The number of methoxy groups -OCH3 is 1. The summed E-state index contributed by atoms with van der Waals surface area (Å²) < 4.78 is 11.0. The molecule has 1 aliphatic heterocycles. The number of fused-ring (bicyclic) bond motifs is 1. The van der Waals surface area contributed by atoms with Gasteiger partial charge in [0.05, 0.1) is 24.8 Å². The van der Waals surface area contributed by atoms with Crippen molar-refractivity contribution in [1.29, 1.82) is 0 Å². The number of rotatable bonds is 6. The van der Waals surface area contributed by atoms with Crippen LogP contribution in [-0.2, 0) is 4.79 Å². The van der Waals surface area contributed by atoms with Crippen LogP contribution in [0.5, 0.6) is 11.5 Å². The van der Waals surface area contributed by atoms with Crippen LogP contribution < -0.4 is 9.47 Å². The van der Waals surface area contributed by atoms with E-state index in [2.05, 4.69) is 0 Å². The van der Waals surface area contributed by atoms with Gasteiger partial charge in [0.15, 0.2) is 11.9 Å². The molecule has 1 atom stereocenters. The van der Waals surface area contributed by atoms with Gasteiger partial charge in [-0.05, 0) is 30.7 Å². The highest BCUT2D eigenvalue weighted by Gasteiger charge is 2.37. The molecular formula is C21H21NO5. The summed E-state index contributed by atoms with van der Waals surface area (Å²) in [6, 6.07) is 13.4. The monoisotopic (exact) mass is 367 g/mol. The van der Waals surface area contributed by atoms with Crippen molar-refractivity contribution in [2.24, 2.45) is 0 Å². The van der Waals surface area contributed by atoms with Crippen molar-refractivity contribution in [3.63, 3.8) is 0 Å². The quantitative estimate of drug-likeness (QED) is 0.579. The molecule has 0 N–H and O–H groups in total. The minimum atomic E-state index is -0.798. The molecule has 0 fully saturated rings. The number of hydrogen-bond donors (Lipinski definition) is 0. The van der Waals surface area contributed by atoms with Crippen LogP contribution in [0.4, 0.5) is 0 Å². The van der Waals surface area contributed by atoms with E-state index in [4.69, 9.17) is 9.47 Å². The zero-order chi connectivity index (χ0) is 19.4. The number of para-hydroxylation sites is 2. The molecule has 1 aliphatic rings. The molecule has 0 radical (unpaired) electrons. The molecule has 2 aromatic rings. The average molecular weight is 367 g/mol. The second kappa shape index (κ2) is 8.03. The molecule has 140 valence electrons. The molecule has 1 heterocycles. The molecule has 0 saturated heterocycles. The first-order valence-corrected chi connectivity index (χ1v) is 8.84. The van der Waals surface area contributed by atoms with E-state index < -0.39 is 17.9 Å². The van der Waals surface area contributed by atoms with E-state index >= 15 is 0 Å². The van der Waals surface area contributed by atoms with Crippen LogP contribution in [0, 0.1) is 0 Å². The lowest BCUT2D eigenvalue weighted by atomic mass is 10.1. The molecule has 3 rings (SSSR count). The van der Waals surface area contributed by atoms with Gasteiger partial charge in [-0.25, -0.2) is 0 Å². The van der Waals surface area contributed by atoms with Crippen LogP contribution in [0.2, 0.25) is 0 Å². The Kier molecular flexibility index (Phi) is 5.54. The largest absolute Gasteiger partial charge is 0.496 e. The maximum Gasteiger partial charge on any atom is 0.270 e. The maximum absolute atomic E-state index is 13.0. The molecule has 0 aliphatic carbocycles. The fourth-order valence-electron chi connectivity index (χ4n) is 3.07. The molecule has 0 saturated carbocycles. The number of carbonyl (C=O) groups excluding carboxylic acids is 3. The van der Waals surface area contributed by atoms with Gasteiger partial charge in [-0.1, -0.05) is 37.6 Å². The smallest absolute Gasteiger partial charge is 0.270 e. The minimum absolute atomic E-state index is 0.275. The Hall–Kier alpha value is -3.15. The van der Waals surface area contributed by atoms with Gasteiger partial charge in [0.1, 0.15) is 11.5 Å². The van der Waals surface area contributed by atoms with Gasteiger partial charge in [-0.2, -0.15) is 0 Å². The number of hydrogen-bond acceptors (Lipinski definition) is 5. The molecule has 0 unspecified atom stereocenters. The first kappa shape index (κ1) is 18.6. The third-order valence-corrected chi connectivity index (χ3v) is 4.43. The zero-order valence-electron chi connectivity index (χ0n) is 15.3. The van der Waals surface area contributed by atoms with Crippen molar-refractivity contribution in [3.05, 3.63) is 59.7 Å². The Morgan fingerprint density at radius 2 is 1.81 bits per heavy atom. The molecule has 0 bridgehead atoms. The highest BCUT2D eigenvalue weighted by molar-refractivity contribution is 6.12. The normalized spacial score (nSPS) is 16.4. The highest BCUT2D eigenvalue weighted by Crippen LogP contribution is 2.27.